The molecule has 1 saturated heterocycles. The fourth-order valence-electron chi connectivity index (χ4n) is 2.57. The predicted molar refractivity (Wildman–Crippen MR) is 79.2 cm³/mol. The minimum atomic E-state index is 0.206. The van der Waals surface area contributed by atoms with E-state index in [1.165, 1.54) is 6.42 Å². The molecule has 1 atom stereocenters. The van der Waals surface area contributed by atoms with E-state index in [-0.39, 0.29) is 5.75 Å². The first kappa shape index (κ1) is 15.1. The molecule has 0 bridgehead atoms. The van der Waals surface area contributed by atoms with E-state index >= 15 is 0 Å². The van der Waals surface area contributed by atoms with Crippen LogP contribution in [0.4, 0.5) is 0 Å². The predicted octanol–water partition coefficient (Wildman–Crippen LogP) is 2.79. The van der Waals surface area contributed by atoms with Crippen molar-refractivity contribution in [1.29, 1.82) is 0 Å². The zero-order chi connectivity index (χ0) is 14.4. The fourth-order valence-corrected chi connectivity index (χ4v) is 2.57. The van der Waals surface area contributed by atoms with Gasteiger partial charge in [-0.05, 0) is 44.0 Å². The van der Waals surface area contributed by atoms with E-state index in [1.807, 2.05) is 19.1 Å². The minimum Gasteiger partial charge on any atom is -0.504 e. The molecule has 1 heterocycles. The molecule has 0 saturated carbocycles. The highest BCUT2D eigenvalue weighted by atomic mass is 16.5. The lowest BCUT2D eigenvalue weighted by Crippen LogP contribution is -2.31. The smallest absolute Gasteiger partial charge is 0.161 e. The van der Waals surface area contributed by atoms with Gasteiger partial charge < -0.3 is 14.6 Å². The summed E-state index contributed by atoms with van der Waals surface area (Å²) in [6.07, 6.45) is 2.71. The SMILES string of the molecule is CCOc1cc(CN(CC)CC2CCCO2)ccc1O. The largest absolute Gasteiger partial charge is 0.504 e. The summed E-state index contributed by atoms with van der Waals surface area (Å²) in [4.78, 5) is 2.37. The van der Waals surface area contributed by atoms with Gasteiger partial charge in [-0.15, -0.1) is 0 Å². The summed E-state index contributed by atoms with van der Waals surface area (Å²) in [5.74, 6) is 0.774. The van der Waals surface area contributed by atoms with E-state index < -0.39 is 0 Å². The lowest BCUT2D eigenvalue weighted by Gasteiger charge is -2.24. The van der Waals surface area contributed by atoms with Gasteiger partial charge in [0.15, 0.2) is 11.5 Å². The Morgan fingerprint density at radius 3 is 2.90 bits per heavy atom. The van der Waals surface area contributed by atoms with Gasteiger partial charge in [-0.3, -0.25) is 4.90 Å². The van der Waals surface area contributed by atoms with Gasteiger partial charge in [-0.2, -0.15) is 0 Å². The molecule has 0 spiro atoms. The van der Waals surface area contributed by atoms with Crippen molar-refractivity contribution in [1.82, 2.24) is 4.90 Å². The summed E-state index contributed by atoms with van der Waals surface area (Å²) in [6, 6.07) is 5.59. The Labute approximate surface area is 121 Å². The minimum absolute atomic E-state index is 0.206. The molecule has 1 aromatic carbocycles. The highest BCUT2D eigenvalue weighted by molar-refractivity contribution is 5.41. The third kappa shape index (κ3) is 4.12. The number of rotatable bonds is 7. The molecular formula is C16H25NO3. The van der Waals surface area contributed by atoms with Crippen LogP contribution in [0.25, 0.3) is 0 Å². The maximum Gasteiger partial charge on any atom is 0.161 e. The summed E-state index contributed by atoms with van der Waals surface area (Å²) in [7, 11) is 0. The van der Waals surface area contributed by atoms with Crippen molar-refractivity contribution < 1.29 is 14.6 Å². The van der Waals surface area contributed by atoms with Crippen LogP contribution in [0, 0.1) is 0 Å². The molecule has 20 heavy (non-hydrogen) atoms. The molecule has 2 rings (SSSR count). The van der Waals surface area contributed by atoms with Crippen LogP contribution >= 0.6 is 0 Å². The van der Waals surface area contributed by atoms with Crippen LogP contribution in [-0.4, -0.2) is 42.4 Å². The average molecular weight is 279 g/mol. The number of ether oxygens (including phenoxy) is 2. The average Bonchev–Trinajstić information content (AvgIpc) is 2.95. The Kier molecular flexibility index (Phi) is 5.68. The molecule has 0 aromatic heterocycles. The topological polar surface area (TPSA) is 41.9 Å². The second-order valence-corrected chi connectivity index (χ2v) is 5.20. The third-order valence-electron chi connectivity index (χ3n) is 3.66. The molecule has 1 aliphatic rings. The Morgan fingerprint density at radius 1 is 1.40 bits per heavy atom. The second-order valence-electron chi connectivity index (χ2n) is 5.20. The van der Waals surface area contributed by atoms with Crippen LogP contribution in [-0.2, 0) is 11.3 Å². The van der Waals surface area contributed by atoms with Gasteiger partial charge >= 0.3 is 0 Å². The van der Waals surface area contributed by atoms with Crippen molar-refractivity contribution in [2.45, 2.75) is 39.3 Å². The van der Waals surface area contributed by atoms with Gasteiger partial charge in [0.25, 0.3) is 0 Å². The summed E-state index contributed by atoms with van der Waals surface area (Å²) in [5, 5.41) is 9.73. The standard InChI is InChI=1S/C16H25NO3/c1-3-17(12-14-6-5-9-20-14)11-13-7-8-15(18)16(10-13)19-4-2/h7-8,10,14,18H,3-6,9,11-12H2,1-2H3. The first-order valence-electron chi connectivity index (χ1n) is 7.51. The number of benzene rings is 1. The molecule has 0 aliphatic carbocycles. The highest BCUT2D eigenvalue weighted by Crippen LogP contribution is 2.27. The van der Waals surface area contributed by atoms with Gasteiger partial charge in [0.2, 0.25) is 0 Å². The Hall–Kier alpha value is -1.26. The van der Waals surface area contributed by atoms with Crippen molar-refractivity contribution in [3.05, 3.63) is 23.8 Å². The Morgan fingerprint density at radius 2 is 2.25 bits per heavy atom. The number of hydrogen-bond acceptors (Lipinski definition) is 4. The van der Waals surface area contributed by atoms with Crippen molar-refractivity contribution >= 4 is 0 Å². The molecule has 112 valence electrons. The fraction of sp³-hybridized carbons (Fsp3) is 0.625. The summed E-state index contributed by atoms with van der Waals surface area (Å²) >= 11 is 0. The normalized spacial score (nSPS) is 18.6. The lowest BCUT2D eigenvalue weighted by atomic mass is 10.1. The van der Waals surface area contributed by atoms with Crippen LogP contribution in [0.3, 0.4) is 0 Å². The number of nitrogens with zero attached hydrogens (tertiary/aromatic N) is 1. The third-order valence-corrected chi connectivity index (χ3v) is 3.66. The monoisotopic (exact) mass is 279 g/mol. The van der Waals surface area contributed by atoms with E-state index in [4.69, 9.17) is 9.47 Å². The van der Waals surface area contributed by atoms with Crippen molar-refractivity contribution in [3.8, 4) is 11.5 Å². The zero-order valence-electron chi connectivity index (χ0n) is 12.5. The number of likely N-dealkylation sites (N-methyl/N-ethyl adjacent to an activating group) is 1. The molecule has 1 aromatic rings. The highest BCUT2D eigenvalue weighted by Gasteiger charge is 2.18. The van der Waals surface area contributed by atoms with E-state index in [1.54, 1.807) is 6.07 Å². The number of hydrogen-bond donors (Lipinski definition) is 1. The van der Waals surface area contributed by atoms with Crippen molar-refractivity contribution in [2.24, 2.45) is 0 Å². The molecule has 0 radical (unpaired) electrons. The Bertz CT molecular complexity index is 416. The van der Waals surface area contributed by atoms with Crippen molar-refractivity contribution in [2.75, 3.05) is 26.3 Å². The second kappa shape index (κ2) is 7.50. The van der Waals surface area contributed by atoms with Crippen LogP contribution < -0.4 is 4.74 Å². The maximum absolute atomic E-state index is 9.73. The van der Waals surface area contributed by atoms with Gasteiger partial charge in [0.1, 0.15) is 0 Å². The molecule has 1 aliphatic heterocycles. The molecule has 4 heteroatoms. The molecule has 0 amide bonds. The molecule has 1 fully saturated rings. The maximum atomic E-state index is 9.73. The van der Waals surface area contributed by atoms with Gasteiger partial charge in [0, 0.05) is 19.7 Å². The zero-order valence-corrected chi connectivity index (χ0v) is 12.5. The van der Waals surface area contributed by atoms with Crippen LogP contribution in [0.2, 0.25) is 0 Å². The lowest BCUT2D eigenvalue weighted by molar-refractivity contribution is 0.0724. The van der Waals surface area contributed by atoms with E-state index in [0.29, 0.717) is 18.5 Å². The van der Waals surface area contributed by atoms with E-state index in [0.717, 1.165) is 38.2 Å². The quantitative estimate of drug-likeness (QED) is 0.833. The van der Waals surface area contributed by atoms with Gasteiger partial charge in [-0.25, -0.2) is 0 Å². The van der Waals surface area contributed by atoms with Crippen LogP contribution in [0.5, 0.6) is 11.5 Å². The number of phenols is 1. The van der Waals surface area contributed by atoms with Gasteiger partial charge in [0.05, 0.1) is 12.7 Å². The molecule has 4 nitrogen and oxygen atoms in total. The van der Waals surface area contributed by atoms with Gasteiger partial charge in [-0.1, -0.05) is 13.0 Å². The van der Waals surface area contributed by atoms with E-state index in [2.05, 4.69) is 11.8 Å². The van der Waals surface area contributed by atoms with E-state index in [9.17, 15) is 5.11 Å². The molecule has 1 N–H and O–H groups in total. The summed E-state index contributed by atoms with van der Waals surface area (Å²) in [6.45, 7) is 8.36. The first-order valence-corrected chi connectivity index (χ1v) is 7.51. The molecule has 1 unspecified atom stereocenters. The number of phenolic OH excluding ortho intramolecular Hbond substituents is 1. The number of aromatic hydroxyl groups is 1. The Balaban J connectivity index is 1.97. The van der Waals surface area contributed by atoms with Crippen LogP contribution in [0.15, 0.2) is 18.2 Å². The molecular weight excluding hydrogens is 254 g/mol. The van der Waals surface area contributed by atoms with Crippen LogP contribution in [0.1, 0.15) is 32.3 Å². The first-order chi connectivity index (χ1) is 9.72. The summed E-state index contributed by atoms with van der Waals surface area (Å²) in [5.41, 5.74) is 1.16. The van der Waals surface area contributed by atoms with Crippen molar-refractivity contribution in [3.63, 3.8) is 0 Å². The summed E-state index contributed by atoms with van der Waals surface area (Å²) < 4.78 is 11.1.